The summed E-state index contributed by atoms with van der Waals surface area (Å²) in [6, 6.07) is 9.44. The lowest BCUT2D eigenvalue weighted by atomic mass is 10.0. The maximum Gasteiger partial charge on any atom is 0.173 e. The number of amidine groups is 1. The van der Waals surface area contributed by atoms with Crippen molar-refractivity contribution in [3.05, 3.63) is 53.9 Å². The van der Waals surface area contributed by atoms with Crippen LogP contribution >= 0.6 is 0 Å². The number of hydrogen-bond acceptors (Lipinski definition) is 4. The van der Waals surface area contributed by atoms with Gasteiger partial charge in [0.1, 0.15) is 5.75 Å². The van der Waals surface area contributed by atoms with E-state index in [2.05, 4.69) is 24.0 Å². The predicted octanol–water partition coefficient (Wildman–Crippen LogP) is 3.09. The lowest BCUT2D eigenvalue weighted by molar-refractivity contribution is 0.318. The van der Waals surface area contributed by atoms with Crippen molar-refractivity contribution < 1.29 is 9.94 Å². The minimum Gasteiger partial charge on any atom is -0.455 e. The van der Waals surface area contributed by atoms with Crippen LogP contribution in [0.4, 0.5) is 0 Å². The second-order valence-electron chi connectivity index (χ2n) is 4.69. The highest BCUT2D eigenvalue weighted by Gasteiger charge is 2.10. The second-order valence-corrected chi connectivity index (χ2v) is 4.69. The Kier molecular flexibility index (Phi) is 4.20. The quantitative estimate of drug-likeness (QED) is 0.387. The van der Waals surface area contributed by atoms with Gasteiger partial charge in [-0.15, -0.1) is 0 Å². The summed E-state index contributed by atoms with van der Waals surface area (Å²) in [6.45, 7) is 4.23. The first-order chi connectivity index (χ1) is 9.61. The minimum absolute atomic E-state index is 0.0117. The molecule has 2 rings (SSSR count). The lowest BCUT2D eigenvalue weighted by Crippen LogP contribution is -2.14. The van der Waals surface area contributed by atoms with Crippen LogP contribution in [0.3, 0.4) is 0 Å². The van der Waals surface area contributed by atoms with E-state index in [9.17, 15) is 0 Å². The Bertz CT molecular complexity index is 624. The highest BCUT2D eigenvalue weighted by atomic mass is 16.5. The predicted molar refractivity (Wildman–Crippen MR) is 77.4 cm³/mol. The molecule has 0 fully saturated rings. The maximum absolute atomic E-state index is 8.78. The SMILES string of the molecule is CC(C)c1cccc(Oc2cnccc2/C(N)=N/O)c1. The van der Waals surface area contributed by atoms with Crippen molar-refractivity contribution in [3.8, 4) is 11.5 Å². The van der Waals surface area contributed by atoms with Crippen LogP contribution in [-0.4, -0.2) is 16.0 Å². The number of benzene rings is 1. The normalized spacial score (nSPS) is 11.7. The second kappa shape index (κ2) is 6.06. The number of aromatic nitrogens is 1. The van der Waals surface area contributed by atoms with Gasteiger partial charge < -0.3 is 15.7 Å². The van der Waals surface area contributed by atoms with Crippen LogP contribution in [0, 0.1) is 0 Å². The number of ether oxygens (including phenoxy) is 1. The van der Waals surface area contributed by atoms with Crippen LogP contribution in [0.25, 0.3) is 0 Å². The first kappa shape index (κ1) is 13.9. The van der Waals surface area contributed by atoms with Crippen molar-refractivity contribution in [1.82, 2.24) is 4.98 Å². The summed E-state index contributed by atoms with van der Waals surface area (Å²) >= 11 is 0. The first-order valence-electron chi connectivity index (χ1n) is 6.31. The molecule has 0 atom stereocenters. The summed E-state index contributed by atoms with van der Waals surface area (Å²) < 4.78 is 5.79. The van der Waals surface area contributed by atoms with Crippen molar-refractivity contribution >= 4 is 5.84 Å². The molecule has 5 heteroatoms. The largest absolute Gasteiger partial charge is 0.455 e. The van der Waals surface area contributed by atoms with E-state index in [4.69, 9.17) is 15.7 Å². The van der Waals surface area contributed by atoms with Gasteiger partial charge >= 0.3 is 0 Å². The van der Waals surface area contributed by atoms with Crippen LogP contribution < -0.4 is 10.5 Å². The zero-order valence-corrected chi connectivity index (χ0v) is 11.4. The molecule has 0 saturated carbocycles. The van der Waals surface area contributed by atoms with Crippen molar-refractivity contribution in [2.45, 2.75) is 19.8 Å². The van der Waals surface area contributed by atoms with Gasteiger partial charge in [-0.3, -0.25) is 4.98 Å². The van der Waals surface area contributed by atoms with E-state index in [0.717, 1.165) is 0 Å². The van der Waals surface area contributed by atoms with Crippen LogP contribution in [0.2, 0.25) is 0 Å². The van der Waals surface area contributed by atoms with Crippen LogP contribution in [0.15, 0.2) is 47.9 Å². The zero-order chi connectivity index (χ0) is 14.5. The third-order valence-corrected chi connectivity index (χ3v) is 2.92. The molecule has 5 nitrogen and oxygen atoms in total. The molecular formula is C15H17N3O2. The molecule has 0 saturated heterocycles. The zero-order valence-electron chi connectivity index (χ0n) is 11.4. The fourth-order valence-corrected chi connectivity index (χ4v) is 1.79. The minimum atomic E-state index is -0.0117. The molecule has 0 aliphatic carbocycles. The van der Waals surface area contributed by atoms with Gasteiger partial charge in [0.05, 0.1) is 11.8 Å². The lowest BCUT2D eigenvalue weighted by Gasteiger charge is -2.11. The molecule has 0 radical (unpaired) electrons. The van der Waals surface area contributed by atoms with Gasteiger partial charge in [-0.25, -0.2) is 0 Å². The summed E-state index contributed by atoms with van der Waals surface area (Å²) in [4.78, 5) is 4.00. The Balaban J connectivity index is 2.33. The molecule has 1 heterocycles. The Morgan fingerprint density at radius 3 is 2.85 bits per heavy atom. The molecule has 20 heavy (non-hydrogen) atoms. The van der Waals surface area contributed by atoms with E-state index in [1.54, 1.807) is 12.3 Å². The number of nitrogens with zero attached hydrogens (tertiary/aromatic N) is 2. The molecular weight excluding hydrogens is 254 g/mol. The molecule has 0 bridgehead atoms. The third kappa shape index (κ3) is 3.06. The topological polar surface area (TPSA) is 80.7 Å². The highest BCUT2D eigenvalue weighted by molar-refractivity contribution is 5.99. The summed E-state index contributed by atoms with van der Waals surface area (Å²) in [5, 5.41) is 11.8. The Labute approximate surface area is 117 Å². The standard InChI is InChI=1S/C15H17N3O2/c1-10(2)11-4-3-5-12(8-11)20-14-9-17-7-6-13(14)15(16)18-19/h3-10,19H,1-2H3,(H2,16,18). The van der Waals surface area contributed by atoms with Gasteiger partial charge in [0.25, 0.3) is 0 Å². The van der Waals surface area contributed by atoms with Gasteiger partial charge in [-0.05, 0) is 29.7 Å². The number of rotatable bonds is 4. The molecule has 104 valence electrons. The highest BCUT2D eigenvalue weighted by Crippen LogP contribution is 2.27. The van der Waals surface area contributed by atoms with Gasteiger partial charge in [0.2, 0.25) is 0 Å². The third-order valence-electron chi connectivity index (χ3n) is 2.92. The number of pyridine rings is 1. The number of hydrogen-bond donors (Lipinski definition) is 2. The number of oxime groups is 1. The van der Waals surface area contributed by atoms with Crippen LogP contribution in [0.5, 0.6) is 11.5 Å². The fourth-order valence-electron chi connectivity index (χ4n) is 1.79. The van der Waals surface area contributed by atoms with E-state index in [1.807, 2.05) is 24.3 Å². The van der Waals surface area contributed by atoms with E-state index in [0.29, 0.717) is 23.0 Å². The van der Waals surface area contributed by atoms with Crippen LogP contribution in [0.1, 0.15) is 30.9 Å². The fraction of sp³-hybridized carbons (Fsp3) is 0.200. The smallest absolute Gasteiger partial charge is 0.173 e. The molecule has 2 aromatic rings. The molecule has 3 N–H and O–H groups in total. The summed E-state index contributed by atoms with van der Waals surface area (Å²) in [5.41, 5.74) is 7.29. The maximum atomic E-state index is 8.78. The Morgan fingerprint density at radius 1 is 1.35 bits per heavy atom. The number of nitrogens with two attached hydrogens (primary N) is 1. The van der Waals surface area contributed by atoms with Gasteiger partial charge in [0.15, 0.2) is 11.6 Å². The first-order valence-corrected chi connectivity index (χ1v) is 6.31. The molecule has 1 aromatic carbocycles. The average molecular weight is 271 g/mol. The van der Waals surface area contributed by atoms with E-state index >= 15 is 0 Å². The summed E-state index contributed by atoms with van der Waals surface area (Å²) in [6.07, 6.45) is 3.10. The summed E-state index contributed by atoms with van der Waals surface area (Å²) in [5.74, 6) is 1.54. The van der Waals surface area contributed by atoms with Crippen molar-refractivity contribution in [1.29, 1.82) is 0 Å². The molecule has 1 aromatic heterocycles. The van der Waals surface area contributed by atoms with Crippen molar-refractivity contribution in [2.24, 2.45) is 10.9 Å². The average Bonchev–Trinajstić information content (AvgIpc) is 2.47. The molecule has 0 aliphatic heterocycles. The van der Waals surface area contributed by atoms with E-state index in [1.165, 1.54) is 11.8 Å². The van der Waals surface area contributed by atoms with Gasteiger partial charge in [0, 0.05) is 6.20 Å². The van der Waals surface area contributed by atoms with Crippen molar-refractivity contribution in [3.63, 3.8) is 0 Å². The van der Waals surface area contributed by atoms with E-state index in [-0.39, 0.29) is 5.84 Å². The molecule has 0 amide bonds. The Morgan fingerprint density at radius 2 is 2.15 bits per heavy atom. The van der Waals surface area contributed by atoms with E-state index < -0.39 is 0 Å². The molecule has 0 unspecified atom stereocenters. The molecule has 0 spiro atoms. The monoisotopic (exact) mass is 271 g/mol. The van der Waals surface area contributed by atoms with Gasteiger partial charge in [-0.1, -0.05) is 31.1 Å². The van der Waals surface area contributed by atoms with Crippen molar-refractivity contribution in [2.75, 3.05) is 0 Å². The summed E-state index contributed by atoms with van der Waals surface area (Å²) in [7, 11) is 0. The van der Waals surface area contributed by atoms with Gasteiger partial charge in [-0.2, -0.15) is 0 Å². The van der Waals surface area contributed by atoms with Crippen LogP contribution in [-0.2, 0) is 0 Å². The Hall–Kier alpha value is -2.56. The molecule has 0 aliphatic rings.